The normalized spacial score (nSPS) is 11.2. The molecule has 3 aromatic rings. The number of hydrogen-bond acceptors (Lipinski definition) is 6. The standard InChI is InChI=1S/C20H16F3N3O4/c21-20(22,23)14-6-8-15(9-7-14)24-16(27)12-29-18(28)11-10-17-25-19(26-30-17)13-4-2-1-3-5-13/h1-9H,10-12H2,(H,24,27). The number of amides is 1. The average Bonchev–Trinajstić information content (AvgIpc) is 3.20. The van der Waals surface area contributed by atoms with Crippen LogP contribution in [0, 0.1) is 0 Å². The third kappa shape index (κ3) is 5.90. The van der Waals surface area contributed by atoms with Crippen molar-refractivity contribution in [3.63, 3.8) is 0 Å². The number of alkyl halides is 3. The van der Waals surface area contributed by atoms with Crippen molar-refractivity contribution in [3.8, 4) is 11.4 Å². The molecule has 0 atom stereocenters. The summed E-state index contributed by atoms with van der Waals surface area (Å²) < 4.78 is 47.5. The minimum Gasteiger partial charge on any atom is -0.456 e. The molecule has 156 valence electrons. The minimum atomic E-state index is -4.46. The van der Waals surface area contributed by atoms with E-state index in [2.05, 4.69) is 15.5 Å². The molecule has 7 nitrogen and oxygen atoms in total. The first-order valence-corrected chi connectivity index (χ1v) is 8.82. The molecule has 0 aliphatic carbocycles. The smallest absolute Gasteiger partial charge is 0.416 e. The molecule has 3 rings (SSSR count). The van der Waals surface area contributed by atoms with E-state index in [1.54, 1.807) is 0 Å². The lowest BCUT2D eigenvalue weighted by Gasteiger charge is -2.09. The van der Waals surface area contributed by atoms with Gasteiger partial charge in [0, 0.05) is 17.7 Å². The van der Waals surface area contributed by atoms with Gasteiger partial charge in [0.25, 0.3) is 5.91 Å². The van der Waals surface area contributed by atoms with Gasteiger partial charge in [-0.2, -0.15) is 18.2 Å². The van der Waals surface area contributed by atoms with E-state index >= 15 is 0 Å². The molecule has 0 radical (unpaired) electrons. The molecule has 1 amide bonds. The number of carbonyl (C=O) groups is 2. The Morgan fingerprint density at radius 2 is 1.73 bits per heavy atom. The molecule has 0 bridgehead atoms. The lowest BCUT2D eigenvalue weighted by atomic mass is 10.2. The predicted octanol–water partition coefficient (Wildman–Crippen LogP) is 3.87. The third-order valence-electron chi connectivity index (χ3n) is 3.90. The van der Waals surface area contributed by atoms with E-state index in [-0.39, 0.29) is 24.4 Å². The van der Waals surface area contributed by atoms with E-state index in [0.29, 0.717) is 5.82 Å². The number of aromatic nitrogens is 2. The van der Waals surface area contributed by atoms with Crippen molar-refractivity contribution in [1.82, 2.24) is 10.1 Å². The maximum Gasteiger partial charge on any atom is 0.416 e. The maximum absolute atomic E-state index is 12.5. The van der Waals surface area contributed by atoms with Crippen LogP contribution in [0.1, 0.15) is 17.9 Å². The van der Waals surface area contributed by atoms with E-state index in [9.17, 15) is 22.8 Å². The van der Waals surface area contributed by atoms with Crippen molar-refractivity contribution < 1.29 is 32.0 Å². The highest BCUT2D eigenvalue weighted by Gasteiger charge is 2.30. The van der Waals surface area contributed by atoms with Crippen LogP contribution >= 0.6 is 0 Å². The van der Waals surface area contributed by atoms with Crippen LogP contribution in [0.15, 0.2) is 59.1 Å². The molecule has 0 aliphatic heterocycles. The predicted molar refractivity (Wildman–Crippen MR) is 99.1 cm³/mol. The molecule has 2 aromatic carbocycles. The molecule has 10 heteroatoms. The van der Waals surface area contributed by atoms with Crippen LogP contribution in [0.25, 0.3) is 11.4 Å². The first-order valence-electron chi connectivity index (χ1n) is 8.82. The molecule has 1 aromatic heterocycles. The maximum atomic E-state index is 12.5. The van der Waals surface area contributed by atoms with Crippen molar-refractivity contribution in [2.24, 2.45) is 0 Å². The highest BCUT2D eigenvalue weighted by Crippen LogP contribution is 2.29. The molecule has 0 spiro atoms. The average molecular weight is 419 g/mol. The minimum absolute atomic E-state index is 0.0794. The number of ether oxygens (including phenoxy) is 1. The van der Waals surface area contributed by atoms with Crippen LogP contribution in [0.3, 0.4) is 0 Å². The van der Waals surface area contributed by atoms with Gasteiger partial charge in [0.1, 0.15) is 0 Å². The Kier molecular flexibility index (Phi) is 6.45. The number of benzene rings is 2. The van der Waals surface area contributed by atoms with Crippen molar-refractivity contribution >= 4 is 17.6 Å². The van der Waals surface area contributed by atoms with Crippen LogP contribution in [0.5, 0.6) is 0 Å². The van der Waals surface area contributed by atoms with Crippen LogP contribution in [-0.4, -0.2) is 28.6 Å². The number of nitrogens with one attached hydrogen (secondary N) is 1. The molecule has 1 heterocycles. The topological polar surface area (TPSA) is 94.3 Å². The van der Waals surface area contributed by atoms with Gasteiger partial charge in [-0.1, -0.05) is 35.5 Å². The van der Waals surface area contributed by atoms with Gasteiger partial charge >= 0.3 is 12.1 Å². The second kappa shape index (κ2) is 9.21. The third-order valence-corrected chi connectivity index (χ3v) is 3.90. The highest BCUT2D eigenvalue weighted by atomic mass is 19.4. The highest BCUT2D eigenvalue weighted by molar-refractivity contribution is 5.92. The number of aryl methyl sites for hydroxylation is 1. The molecule has 0 fully saturated rings. The Morgan fingerprint density at radius 3 is 2.40 bits per heavy atom. The molecular formula is C20H16F3N3O4. The van der Waals surface area contributed by atoms with Crippen molar-refractivity contribution in [1.29, 1.82) is 0 Å². The van der Waals surface area contributed by atoms with Gasteiger partial charge in [-0.05, 0) is 24.3 Å². The van der Waals surface area contributed by atoms with Gasteiger partial charge < -0.3 is 14.6 Å². The van der Waals surface area contributed by atoms with Crippen molar-refractivity contribution in [2.45, 2.75) is 19.0 Å². The van der Waals surface area contributed by atoms with Gasteiger partial charge in [0.2, 0.25) is 11.7 Å². The summed E-state index contributed by atoms with van der Waals surface area (Å²) in [6.07, 6.45) is -4.40. The number of hydrogen-bond donors (Lipinski definition) is 1. The van der Waals surface area contributed by atoms with Crippen LogP contribution in [-0.2, 0) is 26.9 Å². The fourth-order valence-corrected chi connectivity index (χ4v) is 2.43. The Morgan fingerprint density at radius 1 is 1.03 bits per heavy atom. The zero-order valence-electron chi connectivity index (χ0n) is 15.5. The van der Waals surface area contributed by atoms with Gasteiger partial charge in [-0.25, -0.2) is 0 Å². The number of rotatable bonds is 7. The van der Waals surface area contributed by atoms with Crippen molar-refractivity contribution in [2.75, 3.05) is 11.9 Å². The first-order chi connectivity index (χ1) is 14.3. The Bertz CT molecular complexity index is 1000. The molecule has 0 aliphatic rings. The van der Waals surface area contributed by atoms with Crippen LogP contribution in [0.2, 0.25) is 0 Å². The molecular weight excluding hydrogens is 403 g/mol. The summed E-state index contributed by atoms with van der Waals surface area (Å²) >= 11 is 0. The quantitative estimate of drug-likeness (QED) is 0.585. The van der Waals surface area contributed by atoms with E-state index in [0.717, 1.165) is 29.8 Å². The fourth-order valence-electron chi connectivity index (χ4n) is 2.43. The lowest BCUT2D eigenvalue weighted by Crippen LogP contribution is -2.21. The zero-order valence-corrected chi connectivity index (χ0v) is 15.5. The van der Waals surface area contributed by atoms with Gasteiger partial charge in [-0.3, -0.25) is 9.59 Å². The molecule has 1 N–H and O–H groups in total. The SMILES string of the molecule is O=C(COC(=O)CCc1nc(-c2ccccc2)no1)Nc1ccc(C(F)(F)F)cc1. The molecule has 0 saturated heterocycles. The summed E-state index contributed by atoms with van der Waals surface area (Å²) in [6, 6.07) is 13.1. The number of anilines is 1. The first kappa shape index (κ1) is 21.0. The number of carbonyl (C=O) groups excluding carboxylic acids is 2. The second-order valence-electron chi connectivity index (χ2n) is 6.16. The summed E-state index contributed by atoms with van der Waals surface area (Å²) in [5, 5.41) is 6.18. The molecule has 30 heavy (non-hydrogen) atoms. The summed E-state index contributed by atoms with van der Waals surface area (Å²) in [6.45, 7) is -0.570. The van der Waals surface area contributed by atoms with Gasteiger partial charge in [-0.15, -0.1) is 0 Å². The summed E-state index contributed by atoms with van der Waals surface area (Å²) in [5.41, 5.74) is 0.0988. The van der Waals surface area contributed by atoms with Gasteiger partial charge in [0.05, 0.1) is 12.0 Å². The summed E-state index contributed by atoms with van der Waals surface area (Å²) in [5.74, 6) is -0.681. The van der Waals surface area contributed by atoms with E-state index < -0.39 is 30.2 Å². The number of esters is 1. The Hall–Kier alpha value is -3.69. The number of nitrogens with zero attached hydrogens (tertiary/aromatic N) is 2. The summed E-state index contributed by atoms with van der Waals surface area (Å²) in [7, 11) is 0. The van der Waals surface area contributed by atoms with E-state index in [1.807, 2.05) is 30.3 Å². The lowest BCUT2D eigenvalue weighted by molar-refractivity contribution is -0.147. The Balaban J connectivity index is 1.41. The van der Waals surface area contributed by atoms with Crippen LogP contribution < -0.4 is 5.32 Å². The largest absolute Gasteiger partial charge is 0.456 e. The fraction of sp³-hybridized carbons (Fsp3) is 0.200. The zero-order chi connectivity index (χ0) is 21.6. The Labute approximate surface area is 168 Å². The molecule has 0 saturated carbocycles. The summed E-state index contributed by atoms with van der Waals surface area (Å²) in [4.78, 5) is 27.8. The monoisotopic (exact) mass is 419 g/mol. The van der Waals surface area contributed by atoms with E-state index in [1.165, 1.54) is 0 Å². The van der Waals surface area contributed by atoms with Crippen LogP contribution in [0.4, 0.5) is 18.9 Å². The second-order valence-corrected chi connectivity index (χ2v) is 6.16. The van der Waals surface area contributed by atoms with Gasteiger partial charge in [0.15, 0.2) is 6.61 Å². The van der Waals surface area contributed by atoms with E-state index in [4.69, 9.17) is 9.26 Å². The number of halogens is 3. The van der Waals surface area contributed by atoms with Crippen molar-refractivity contribution in [3.05, 3.63) is 66.1 Å². The molecule has 0 unspecified atom stereocenters.